The highest BCUT2D eigenvalue weighted by molar-refractivity contribution is 6.28. The zero-order chi connectivity index (χ0) is 14.0. The summed E-state index contributed by atoms with van der Waals surface area (Å²) in [6.45, 7) is 8.37. The first-order valence-corrected chi connectivity index (χ1v) is 6.54. The van der Waals surface area contributed by atoms with Crippen molar-refractivity contribution in [1.29, 1.82) is 0 Å². The van der Waals surface area contributed by atoms with Crippen molar-refractivity contribution in [3.8, 4) is 12.0 Å². The summed E-state index contributed by atoms with van der Waals surface area (Å²) in [6.07, 6.45) is 0.912. The van der Waals surface area contributed by atoms with E-state index < -0.39 is 0 Å². The first-order valence-electron chi connectivity index (χ1n) is 6.16. The molecule has 0 radical (unpaired) electrons. The van der Waals surface area contributed by atoms with Crippen LogP contribution in [0.25, 0.3) is 5.95 Å². The topological polar surface area (TPSA) is 65.7 Å². The largest absolute Gasteiger partial charge is 0.464 e. The second-order valence-corrected chi connectivity index (χ2v) is 4.37. The fraction of sp³-hybridized carbons (Fsp3) is 0.500. The van der Waals surface area contributed by atoms with Gasteiger partial charge in [0, 0.05) is 5.69 Å². The number of aromatic nitrogens is 5. The molecule has 0 unspecified atom stereocenters. The summed E-state index contributed by atoms with van der Waals surface area (Å²) in [5, 5.41) is 4.54. The Morgan fingerprint density at radius 3 is 2.47 bits per heavy atom. The summed E-state index contributed by atoms with van der Waals surface area (Å²) in [7, 11) is 0. The minimum atomic E-state index is 0.0963. The molecule has 19 heavy (non-hydrogen) atoms. The second-order valence-electron chi connectivity index (χ2n) is 4.03. The number of hydrogen-bond acceptors (Lipinski definition) is 5. The lowest BCUT2D eigenvalue weighted by Crippen LogP contribution is -2.09. The standard InChI is InChI=1S/C12H16ClN5O/c1-5-9-7(3)17-18(8(9)4)11-14-10(13)15-12(16-11)19-6-2/h5-6H2,1-4H3. The molecule has 0 aliphatic rings. The molecule has 2 aromatic heterocycles. The Balaban J connectivity index is 2.52. The molecule has 0 spiro atoms. The van der Waals surface area contributed by atoms with Crippen molar-refractivity contribution in [2.75, 3.05) is 6.61 Å². The SMILES string of the molecule is CCOc1nc(Cl)nc(-n2nc(C)c(CC)c2C)n1. The predicted molar refractivity (Wildman–Crippen MR) is 72.0 cm³/mol. The van der Waals surface area contributed by atoms with Gasteiger partial charge in [-0.15, -0.1) is 0 Å². The second kappa shape index (κ2) is 5.52. The zero-order valence-electron chi connectivity index (χ0n) is 11.4. The molecule has 2 heterocycles. The van der Waals surface area contributed by atoms with Crippen molar-refractivity contribution < 1.29 is 4.74 Å². The van der Waals surface area contributed by atoms with Gasteiger partial charge in [0.2, 0.25) is 5.28 Å². The Labute approximate surface area is 116 Å². The monoisotopic (exact) mass is 281 g/mol. The van der Waals surface area contributed by atoms with Gasteiger partial charge in [-0.3, -0.25) is 0 Å². The highest BCUT2D eigenvalue weighted by Crippen LogP contribution is 2.18. The lowest BCUT2D eigenvalue weighted by Gasteiger charge is -2.05. The maximum atomic E-state index is 5.89. The Bertz CT molecular complexity index is 596. The molecule has 0 aromatic carbocycles. The van der Waals surface area contributed by atoms with Crippen LogP contribution >= 0.6 is 11.6 Å². The molecule has 0 aliphatic carbocycles. The summed E-state index contributed by atoms with van der Waals surface area (Å²) in [4.78, 5) is 12.2. The van der Waals surface area contributed by atoms with E-state index in [1.807, 2.05) is 20.8 Å². The molecular formula is C12H16ClN5O. The van der Waals surface area contributed by atoms with Gasteiger partial charge in [0.05, 0.1) is 12.3 Å². The van der Waals surface area contributed by atoms with Crippen LogP contribution in [-0.4, -0.2) is 31.3 Å². The van der Waals surface area contributed by atoms with Crippen LogP contribution in [0.5, 0.6) is 6.01 Å². The van der Waals surface area contributed by atoms with Crippen molar-refractivity contribution in [3.05, 3.63) is 22.2 Å². The molecule has 0 aliphatic heterocycles. The Morgan fingerprint density at radius 2 is 1.89 bits per heavy atom. The summed E-state index contributed by atoms with van der Waals surface area (Å²) >= 11 is 5.89. The van der Waals surface area contributed by atoms with E-state index in [9.17, 15) is 0 Å². The van der Waals surface area contributed by atoms with Crippen LogP contribution in [0.4, 0.5) is 0 Å². The lowest BCUT2D eigenvalue weighted by molar-refractivity contribution is 0.310. The molecule has 0 saturated carbocycles. The lowest BCUT2D eigenvalue weighted by atomic mass is 10.1. The fourth-order valence-electron chi connectivity index (χ4n) is 1.99. The van der Waals surface area contributed by atoms with E-state index in [4.69, 9.17) is 16.3 Å². The Morgan fingerprint density at radius 1 is 1.16 bits per heavy atom. The molecule has 0 N–H and O–H groups in total. The number of halogens is 1. The normalized spacial score (nSPS) is 10.8. The molecule has 0 atom stereocenters. The van der Waals surface area contributed by atoms with Gasteiger partial charge in [0.1, 0.15) is 0 Å². The number of nitrogens with zero attached hydrogens (tertiary/aromatic N) is 5. The highest BCUT2D eigenvalue weighted by atomic mass is 35.5. The first kappa shape index (κ1) is 13.7. The number of hydrogen-bond donors (Lipinski definition) is 0. The van der Waals surface area contributed by atoms with Gasteiger partial charge in [-0.05, 0) is 44.4 Å². The van der Waals surface area contributed by atoms with E-state index in [1.54, 1.807) is 4.68 Å². The summed E-state index contributed by atoms with van der Waals surface area (Å²) < 4.78 is 6.94. The van der Waals surface area contributed by atoms with Crippen molar-refractivity contribution in [3.63, 3.8) is 0 Å². The van der Waals surface area contributed by atoms with Crippen LogP contribution in [0.3, 0.4) is 0 Å². The van der Waals surface area contributed by atoms with Gasteiger partial charge in [-0.1, -0.05) is 6.92 Å². The van der Waals surface area contributed by atoms with Crippen molar-refractivity contribution in [2.24, 2.45) is 0 Å². The van der Waals surface area contributed by atoms with Crippen LogP contribution in [0.1, 0.15) is 30.8 Å². The quantitative estimate of drug-likeness (QED) is 0.860. The molecule has 102 valence electrons. The van der Waals surface area contributed by atoms with Gasteiger partial charge in [-0.25, -0.2) is 4.68 Å². The smallest absolute Gasteiger partial charge is 0.322 e. The van der Waals surface area contributed by atoms with Crippen molar-refractivity contribution in [2.45, 2.75) is 34.1 Å². The van der Waals surface area contributed by atoms with E-state index in [2.05, 4.69) is 27.0 Å². The van der Waals surface area contributed by atoms with E-state index >= 15 is 0 Å². The third-order valence-electron chi connectivity index (χ3n) is 2.83. The van der Waals surface area contributed by atoms with Gasteiger partial charge < -0.3 is 4.74 Å². The predicted octanol–water partition coefficient (Wildman–Crippen LogP) is 2.29. The van der Waals surface area contributed by atoms with E-state index in [0.29, 0.717) is 12.6 Å². The van der Waals surface area contributed by atoms with Crippen LogP contribution in [0.2, 0.25) is 5.28 Å². The molecular weight excluding hydrogens is 266 g/mol. The maximum Gasteiger partial charge on any atom is 0.322 e. The van der Waals surface area contributed by atoms with E-state index in [-0.39, 0.29) is 11.3 Å². The van der Waals surface area contributed by atoms with Crippen molar-refractivity contribution in [1.82, 2.24) is 24.7 Å². The molecule has 7 heteroatoms. The number of ether oxygens (including phenoxy) is 1. The van der Waals surface area contributed by atoms with Gasteiger partial charge >= 0.3 is 6.01 Å². The van der Waals surface area contributed by atoms with Crippen molar-refractivity contribution >= 4 is 11.6 Å². The molecule has 2 rings (SSSR count). The first-order chi connectivity index (χ1) is 9.06. The third kappa shape index (κ3) is 2.68. The number of rotatable bonds is 4. The Hall–Kier alpha value is -1.69. The van der Waals surface area contributed by atoms with Crippen LogP contribution < -0.4 is 4.74 Å². The third-order valence-corrected chi connectivity index (χ3v) is 3.00. The Kier molecular flexibility index (Phi) is 3.99. The zero-order valence-corrected chi connectivity index (χ0v) is 12.2. The maximum absolute atomic E-state index is 5.89. The van der Waals surface area contributed by atoms with Gasteiger partial charge in [0.15, 0.2) is 0 Å². The molecule has 0 bridgehead atoms. The molecule has 0 fully saturated rings. The summed E-state index contributed by atoms with van der Waals surface area (Å²) in [6, 6.07) is 0.211. The summed E-state index contributed by atoms with van der Waals surface area (Å²) in [5.41, 5.74) is 3.16. The van der Waals surface area contributed by atoms with Gasteiger partial charge in [0.25, 0.3) is 5.95 Å². The van der Waals surface area contributed by atoms with Crippen LogP contribution in [-0.2, 0) is 6.42 Å². The average Bonchev–Trinajstić information content (AvgIpc) is 2.64. The fourth-order valence-corrected chi connectivity index (χ4v) is 2.14. The summed E-state index contributed by atoms with van der Waals surface area (Å²) in [5.74, 6) is 0.378. The molecule has 6 nitrogen and oxygen atoms in total. The average molecular weight is 282 g/mol. The highest BCUT2D eigenvalue weighted by Gasteiger charge is 2.15. The molecule has 2 aromatic rings. The van der Waals surface area contributed by atoms with Crippen LogP contribution in [0, 0.1) is 13.8 Å². The van der Waals surface area contributed by atoms with Gasteiger partial charge in [-0.2, -0.15) is 20.1 Å². The van der Waals surface area contributed by atoms with E-state index in [0.717, 1.165) is 17.8 Å². The number of aryl methyl sites for hydroxylation is 1. The molecule has 0 saturated heterocycles. The minimum absolute atomic E-state index is 0.0963. The van der Waals surface area contributed by atoms with Crippen LogP contribution in [0.15, 0.2) is 0 Å². The minimum Gasteiger partial charge on any atom is -0.464 e. The molecule has 0 amide bonds. The van der Waals surface area contributed by atoms with E-state index in [1.165, 1.54) is 5.56 Å².